The van der Waals surface area contributed by atoms with Gasteiger partial charge in [0.1, 0.15) is 5.82 Å². The van der Waals surface area contributed by atoms with Crippen LogP contribution in [-0.4, -0.2) is 30.9 Å². The molecule has 0 heterocycles. The van der Waals surface area contributed by atoms with Crippen molar-refractivity contribution in [3.8, 4) is 0 Å². The van der Waals surface area contributed by atoms with Crippen LogP contribution in [0.4, 0.5) is 4.39 Å². The van der Waals surface area contributed by atoms with Crippen molar-refractivity contribution in [2.24, 2.45) is 11.1 Å². The van der Waals surface area contributed by atoms with Crippen LogP contribution >= 0.6 is 0 Å². The molecular weight excluding hydrogens is 243 g/mol. The third kappa shape index (κ3) is 2.95. The number of rotatable bonds is 5. The van der Waals surface area contributed by atoms with Crippen LogP contribution in [0.1, 0.15) is 24.0 Å². The molecule has 1 saturated carbocycles. The summed E-state index contributed by atoms with van der Waals surface area (Å²) in [6.07, 6.45) is 2.55. The van der Waals surface area contributed by atoms with Crippen LogP contribution in [0.2, 0.25) is 0 Å². The van der Waals surface area contributed by atoms with E-state index < -0.39 is 0 Å². The number of amides is 1. The van der Waals surface area contributed by atoms with Gasteiger partial charge in [-0.15, -0.1) is 0 Å². The largest absolute Gasteiger partial charge is 0.345 e. The second-order valence-corrected chi connectivity index (χ2v) is 5.54. The number of halogens is 1. The normalized spacial score (nSPS) is 16.2. The molecule has 0 radical (unpaired) electrons. The summed E-state index contributed by atoms with van der Waals surface area (Å²) < 4.78 is 13.2. The van der Waals surface area contributed by atoms with Gasteiger partial charge in [0.05, 0.1) is 5.41 Å². The summed E-state index contributed by atoms with van der Waals surface area (Å²) in [5.41, 5.74) is 7.08. The smallest absolute Gasteiger partial charge is 0.229 e. The lowest BCUT2D eigenvalue weighted by Crippen LogP contribution is -2.39. The number of carbonyl (C=O) groups is 1. The molecule has 0 aliphatic heterocycles. The van der Waals surface area contributed by atoms with Crippen molar-refractivity contribution in [2.75, 3.05) is 20.1 Å². The summed E-state index contributed by atoms with van der Waals surface area (Å²) >= 11 is 0. The molecule has 1 aliphatic carbocycles. The van der Waals surface area contributed by atoms with E-state index in [4.69, 9.17) is 5.73 Å². The van der Waals surface area contributed by atoms with Gasteiger partial charge in [0.25, 0.3) is 0 Å². The van der Waals surface area contributed by atoms with E-state index in [1.807, 2.05) is 13.1 Å². The Labute approximate surface area is 113 Å². The Balaban J connectivity index is 1.91. The van der Waals surface area contributed by atoms with Gasteiger partial charge in [-0.05, 0) is 43.4 Å². The predicted octanol–water partition coefficient (Wildman–Crippen LogP) is 1.87. The second kappa shape index (κ2) is 5.29. The number of nitrogens with zero attached hydrogens (tertiary/aromatic N) is 1. The standard InChI is InChI=1S/C15H21FN2O/c1-11-9-12(3-4-13(11)16)5-8-18(2)14(19)15(10-17)6-7-15/h3-4,9H,5-8,10,17H2,1-2H3. The molecule has 1 amide bonds. The van der Waals surface area contributed by atoms with E-state index in [0.29, 0.717) is 18.7 Å². The quantitative estimate of drug-likeness (QED) is 0.882. The van der Waals surface area contributed by atoms with Crippen molar-refractivity contribution in [1.82, 2.24) is 4.90 Å². The number of aryl methyl sites for hydroxylation is 1. The monoisotopic (exact) mass is 264 g/mol. The highest BCUT2D eigenvalue weighted by molar-refractivity contribution is 5.85. The molecule has 1 aromatic carbocycles. The van der Waals surface area contributed by atoms with E-state index in [2.05, 4.69) is 0 Å². The Morgan fingerprint density at radius 1 is 1.47 bits per heavy atom. The summed E-state index contributed by atoms with van der Waals surface area (Å²) in [5.74, 6) is -0.0397. The van der Waals surface area contributed by atoms with Gasteiger partial charge in [0.2, 0.25) is 5.91 Å². The fourth-order valence-corrected chi connectivity index (χ4v) is 2.32. The lowest BCUT2D eigenvalue weighted by molar-refractivity contribution is -0.135. The molecule has 0 aromatic heterocycles. The lowest BCUT2D eigenvalue weighted by atomic mass is 10.0. The zero-order valence-corrected chi connectivity index (χ0v) is 11.6. The van der Waals surface area contributed by atoms with Crippen LogP contribution in [0.15, 0.2) is 18.2 Å². The lowest BCUT2D eigenvalue weighted by Gasteiger charge is -2.22. The van der Waals surface area contributed by atoms with Gasteiger partial charge in [-0.25, -0.2) is 4.39 Å². The third-order valence-corrected chi connectivity index (χ3v) is 4.00. The van der Waals surface area contributed by atoms with E-state index in [0.717, 1.165) is 24.8 Å². The molecule has 2 rings (SSSR count). The molecule has 0 unspecified atom stereocenters. The molecular formula is C15H21FN2O. The molecule has 0 spiro atoms. The maximum Gasteiger partial charge on any atom is 0.229 e. The Morgan fingerprint density at radius 2 is 2.16 bits per heavy atom. The van der Waals surface area contributed by atoms with Crippen LogP contribution < -0.4 is 5.73 Å². The van der Waals surface area contributed by atoms with E-state index in [1.165, 1.54) is 6.07 Å². The van der Waals surface area contributed by atoms with Gasteiger partial charge in [-0.3, -0.25) is 4.79 Å². The predicted molar refractivity (Wildman–Crippen MR) is 73.2 cm³/mol. The first kappa shape index (κ1) is 14.0. The van der Waals surface area contributed by atoms with Crippen LogP contribution in [-0.2, 0) is 11.2 Å². The molecule has 104 valence electrons. The van der Waals surface area contributed by atoms with Crippen molar-refractivity contribution < 1.29 is 9.18 Å². The molecule has 1 aromatic rings. The van der Waals surface area contributed by atoms with Crippen LogP contribution in [0, 0.1) is 18.2 Å². The maximum atomic E-state index is 13.2. The minimum atomic E-state index is -0.284. The van der Waals surface area contributed by atoms with Crippen molar-refractivity contribution in [3.63, 3.8) is 0 Å². The first-order chi connectivity index (χ1) is 8.98. The fourth-order valence-electron chi connectivity index (χ4n) is 2.32. The van der Waals surface area contributed by atoms with Gasteiger partial charge < -0.3 is 10.6 Å². The van der Waals surface area contributed by atoms with Crippen LogP contribution in [0.25, 0.3) is 0 Å². The number of hydrogen-bond acceptors (Lipinski definition) is 2. The Morgan fingerprint density at radius 3 is 2.68 bits per heavy atom. The van der Waals surface area contributed by atoms with Crippen molar-refractivity contribution in [3.05, 3.63) is 35.1 Å². The second-order valence-electron chi connectivity index (χ2n) is 5.54. The van der Waals surface area contributed by atoms with Gasteiger partial charge in [-0.1, -0.05) is 12.1 Å². The summed E-state index contributed by atoms with van der Waals surface area (Å²) in [4.78, 5) is 13.9. The highest BCUT2D eigenvalue weighted by atomic mass is 19.1. The van der Waals surface area contributed by atoms with Crippen molar-refractivity contribution in [2.45, 2.75) is 26.2 Å². The fraction of sp³-hybridized carbons (Fsp3) is 0.533. The topological polar surface area (TPSA) is 46.3 Å². The zero-order chi connectivity index (χ0) is 14.0. The Bertz CT molecular complexity index is 483. The Kier molecular flexibility index (Phi) is 3.90. The number of nitrogens with two attached hydrogens (primary N) is 1. The average Bonchev–Trinajstić information content (AvgIpc) is 3.20. The SMILES string of the molecule is Cc1cc(CCN(C)C(=O)C2(CN)CC2)ccc1F. The summed E-state index contributed by atoms with van der Waals surface area (Å²) in [7, 11) is 1.81. The zero-order valence-electron chi connectivity index (χ0n) is 11.6. The molecule has 2 N–H and O–H groups in total. The minimum absolute atomic E-state index is 0.147. The molecule has 0 atom stereocenters. The van der Waals surface area contributed by atoms with Gasteiger partial charge >= 0.3 is 0 Å². The number of hydrogen-bond donors (Lipinski definition) is 1. The Hall–Kier alpha value is -1.42. The molecule has 0 saturated heterocycles. The minimum Gasteiger partial charge on any atom is -0.345 e. The van der Waals surface area contributed by atoms with Gasteiger partial charge in [0.15, 0.2) is 0 Å². The molecule has 0 bridgehead atoms. The molecule has 1 fully saturated rings. The first-order valence-corrected chi connectivity index (χ1v) is 6.69. The summed E-state index contributed by atoms with van der Waals surface area (Å²) in [5, 5.41) is 0. The summed E-state index contributed by atoms with van der Waals surface area (Å²) in [6.45, 7) is 2.83. The van der Waals surface area contributed by atoms with E-state index >= 15 is 0 Å². The van der Waals surface area contributed by atoms with Crippen molar-refractivity contribution in [1.29, 1.82) is 0 Å². The van der Waals surface area contributed by atoms with E-state index in [9.17, 15) is 9.18 Å². The summed E-state index contributed by atoms with van der Waals surface area (Å²) in [6, 6.07) is 5.09. The average molecular weight is 264 g/mol. The molecule has 19 heavy (non-hydrogen) atoms. The van der Waals surface area contributed by atoms with Crippen LogP contribution in [0.5, 0.6) is 0 Å². The van der Waals surface area contributed by atoms with E-state index in [-0.39, 0.29) is 17.1 Å². The van der Waals surface area contributed by atoms with Crippen molar-refractivity contribution >= 4 is 5.91 Å². The van der Waals surface area contributed by atoms with Gasteiger partial charge in [0, 0.05) is 20.1 Å². The van der Waals surface area contributed by atoms with E-state index in [1.54, 1.807) is 17.9 Å². The molecule has 4 heteroatoms. The number of likely N-dealkylation sites (N-methyl/N-ethyl adjacent to an activating group) is 1. The van der Waals surface area contributed by atoms with Gasteiger partial charge in [-0.2, -0.15) is 0 Å². The third-order valence-electron chi connectivity index (χ3n) is 4.00. The first-order valence-electron chi connectivity index (χ1n) is 6.69. The molecule has 3 nitrogen and oxygen atoms in total. The number of carbonyl (C=O) groups excluding carboxylic acids is 1. The van der Waals surface area contributed by atoms with Crippen LogP contribution in [0.3, 0.4) is 0 Å². The highest BCUT2D eigenvalue weighted by Crippen LogP contribution is 2.45. The molecule has 1 aliphatic rings. The highest BCUT2D eigenvalue weighted by Gasteiger charge is 2.49. The number of benzene rings is 1. The maximum absolute atomic E-state index is 13.2.